The van der Waals surface area contributed by atoms with Crippen molar-refractivity contribution < 1.29 is 9.90 Å². The summed E-state index contributed by atoms with van der Waals surface area (Å²) in [4.78, 5) is 12.9. The standard InChI is InChI=1S/C9H20N2O2/c1-7(12)5-6-10-8(2)9(13)11(3)4/h7-8,10,12H,5-6H2,1-4H3. The van der Waals surface area contributed by atoms with Crippen LogP contribution in [-0.4, -0.2) is 48.7 Å². The molecule has 2 N–H and O–H groups in total. The van der Waals surface area contributed by atoms with Gasteiger partial charge in [0.05, 0.1) is 12.1 Å². The lowest BCUT2D eigenvalue weighted by molar-refractivity contribution is -0.130. The summed E-state index contributed by atoms with van der Waals surface area (Å²) in [5.74, 6) is 0.0607. The minimum atomic E-state index is -0.311. The molecule has 0 saturated heterocycles. The second kappa shape index (κ2) is 5.94. The highest BCUT2D eigenvalue weighted by atomic mass is 16.3. The fraction of sp³-hybridized carbons (Fsp3) is 0.889. The van der Waals surface area contributed by atoms with Crippen LogP contribution in [-0.2, 0) is 4.79 Å². The second-order valence-electron chi connectivity index (χ2n) is 3.55. The Kier molecular flexibility index (Phi) is 5.66. The largest absolute Gasteiger partial charge is 0.393 e. The Hall–Kier alpha value is -0.610. The molecule has 0 heterocycles. The van der Waals surface area contributed by atoms with Crippen molar-refractivity contribution in [3.63, 3.8) is 0 Å². The Bertz CT molecular complexity index is 158. The van der Waals surface area contributed by atoms with Gasteiger partial charge in [0.1, 0.15) is 0 Å². The fourth-order valence-corrected chi connectivity index (χ4v) is 0.983. The van der Waals surface area contributed by atoms with Gasteiger partial charge in [0.15, 0.2) is 0 Å². The molecule has 0 radical (unpaired) electrons. The molecular weight excluding hydrogens is 168 g/mol. The van der Waals surface area contributed by atoms with Gasteiger partial charge in [0.25, 0.3) is 0 Å². The highest BCUT2D eigenvalue weighted by molar-refractivity contribution is 5.80. The van der Waals surface area contributed by atoms with Crippen molar-refractivity contribution in [2.75, 3.05) is 20.6 Å². The third kappa shape index (κ3) is 5.60. The van der Waals surface area contributed by atoms with E-state index in [1.54, 1.807) is 25.9 Å². The van der Waals surface area contributed by atoms with E-state index < -0.39 is 0 Å². The number of likely N-dealkylation sites (N-methyl/N-ethyl adjacent to an activating group) is 1. The first-order chi connectivity index (χ1) is 5.95. The lowest BCUT2D eigenvalue weighted by Gasteiger charge is -2.18. The summed E-state index contributed by atoms with van der Waals surface area (Å²) in [6.07, 6.45) is 0.361. The molecule has 0 saturated carbocycles. The third-order valence-electron chi connectivity index (χ3n) is 1.82. The van der Waals surface area contributed by atoms with Gasteiger partial charge in [-0.1, -0.05) is 0 Å². The zero-order valence-electron chi connectivity index (χ0n) is 8.87. The quantitative estimate of drug-likeness (QED) is 0.629. The Morgan fingerprint density at radius 2 is 2.00 bits per heavy atom. The summed E-state index contributed by atoms with van der Waals surface area (Å²) in [6, 6.07) is -0.172. The number of carbonyl (C=O) groups is 1. The zero-order chi connectivity index (χ0) is 10.4. The lowest BCUT2D eigenvalue weighted by atomic mass is 10.2. The van der Waals surface area contributed by atoms with Crippen LogP contribution in [0.4, 0.5) is 0 Å². The van der Waals surface area contributed by atoms with Crippen LogP contribution in [0.5, 0.6) is 0 Å². The number of nitrogens with one attached hydrogen (secondary N) is 1. The van der Waals surface area contributed by atoms with E-state index in [4.69, 9.17) is 5.11 Å². The average molecular weight is 188 g/mol. The molecule has 2 unspecified atom stereocenters. The predicted octanol–water partition coefficient (Wildman–Crippen LogP) is -0.176. The van der Waals surface area contributed by atoms with E-state index >= 15 is 0 Å². The summed E-state index contributed by atoms with van der Waals surface area (Å²) in [5.41, 5.74) is 0. The van der Waals surface area contributed by atoms with E-state index in [9.17, 15) is 4.79 Å². The van der Waals surface area contributed by atoms with Crippen LogP contribution in [0.25, 0.3) is 0 Å². The van der Waals surface area contributed by atoms with Crippen LogP contribution in [0.15, 0.2) is 0 Å². The van der Waals surface area contributed by atoms with Gasteiger partial charge < -0.3 is 15.3 Å². The first-order valence-corrected chi connectivity index (χ1v) is 4.57. The number of amides is 1. The van der Waals surface area contributed by atoms with E-state index in [1.165, 1.54) is 0 Å². The SMILES string of the molecule is CC(O)CCNC(C)C(=O)N(C)C. The van der Waals surface area contributed by atoms with Crippen LogP contribution in [0.3, 0.4) is 0 Å². The molecular formula is C9H20N2O2. The minimum Gasteiger partial charge on any atom is -0.393 e. The van der Waals surface area contributed by atoms with Crippen molar-refractivity contribution in [3.05, 3.63) is 0 Å². The number of aliphatic hydroxyl groups excluding tert-OH is 1. The maximum atomic E-state index is 11.3. The average Bonchev–Trinajstić information content (AvgIpc) is 2.02. The van der Waals surface area contributed by atoms with Gasteiger partial charge in [-0.25, -0.2) is 0 Å². The van der Waals surface area contributed by atoms with E-state index in [1.807, 2.05) is 6.92 Å². The molecule has 0 rings (SSSR count). The fourth-order valence-electron chi connectivity index (χ4n) is 0.983. The Labute approximate surface area is 79.9 Å². The summed E-state index contributed by atoms with van der Waals surface area (Å²) < 4.78 is 0. The van der Waals surface area contributed by atoms with Crippen LogP contribution < -0.4 is 5.32 Å². The highest BCUT2D eigenvalue weighted by Crippen LogP contribution is 1.91. The van der Waals surface area contributed by atoms with Crippen molar-refractivity contribution in [2.45, 2.75) is 32.4 Å². The third-order valence-corrected chi connectivity index (χ3v) is 1.82. The van der Waals surface area contributed by atoms with E-state index in [2.05, 4.69) is 5.32 Å². The molecule has 0 bridgehead atoms. The van der Waals surface area contributed by atoms with E-state index in [0.717, 1.165) is 0 Å². The van der Waals surface area contributed by atoms with Crippen molar-refractivity contribution >= 4 is 5.91 Å². The van der Waals surface area contributed by atoms with Gasteiger partial charge in [-0.3, -0.25) is 4.79 Å². The molecule has 78 valence electrons. The number of aliphatic hydroxyl groups is 1. The number of hydrogen-bond donors (Lipinski definition) is 2. The van der Waals surface area contributed by atoms with Crippen molar-refractivity contribution in [3.8, 4) is 0 Å². The number of carbonyl (C=O) groups excluding carboxylic acids is 1. The van der Waals surface area contributed by atoms with Gasteiger partial charge >= 0.3 is 0 Å². The Morgan fingerprint density at radius 3 is 2.38 bits per heavy atom. The first kappa shape index (κ1) is 12.4. The Balaban J connectivity index is 3.62. The first-order valence-electron chi connectivity index (χ1n) is 4.57. The number of rotatable bonds is 5. The van der Waals surface area contributed by atoms with Crippen LogP contribution in [0, 0.1) is 0 Å². The van der Waals surface area contributed by atoms with Gasteiger partial charge in [-0.15, -0.1) is 0 Å². The molecule has 0 aliphatic heterocycles. The smallest absolute Gasteiger partial charge is 0.238 e. The molecule has 0 spiro atoms. The normalized spacial score (nSPS) is 15.2. The van der Waals surface area contributed by atoms with Crippen LogP contribution in [0.2, 0.25) is 0 Å². The molecule has 0 aromatic rings. The van der Waals surface area contributed by atoms with Crippen molar-refractivity contribution in [1.82, 2.24) is 10.2 Å². The molecule has 1 amide bonds. The predicted molar refractivity (Wildman–Crippen MR) is 52.5 cm³/mol. The van der Waals surface area contributed by atoms with Gasteiger partial charge in [-0.2, -0.15) is 0 Å². The topological polar surface area (TPSA) is 52.6 Å². The maximum absolute atomic E-state index is 11.3. The lowest BCUT2D eigenvalue weighted by Crippen LogP contribution is -2.42. The van der Waals surface area contributed by atoms with E-state index in [-0.39, 0.29) is 18.1 Å². The monoisotopic (exact) mass is 188 g/mol. The molecule has 4 heteroatoms. The molecule has 4 nitrogen and oxygen atoms in total. The molecule has 0 aliphatic rings. The molecule has 0 aromatic carbocycles. The van der Waals surface area contributed by atoms with Gasteiger partial charge in [-0.05, 0) is 26.8 Å². The van der Waals surface area contributed by atoms with Crippen molar-refractivity contribution in [1.29, 1.82) is 0 Å². The molecule has 0 aliphatic carbocycles. The minimum absolute atomic E-state index is 0.0607. The zero-order valence-corrected chi connectivity index (χ0v) is 8.87. The van der Waals surface area contributed by atoms with Crippen molar-refractivity contribution in [2.24, 2.45) is 0 Å². The van der Waals surface area contributed by atoms with Crippen LogP contribution >= 0.6 is 0 Å². The molecule has 2 atom stereocenters. The van der Waals surface area contributed by atoms with Gasteiger partial charge in [0, 0.05) is 14.1 Å². The molecule has 13 heavy (non-hydrogen) atoms. The molecule has 0 fully saturated rings. The summed E-state index contributed by atoms with van der Waals surface area (Å²) in [5, 5.41) is 12.0. The highest BCUT2D eigenvalue weighted by Gasteiger charge is 2.13. The number of nitrogens with zero attached hydrogens (tertiary/aromatic N) is 1. The summed E-state index contributed by atoms with van der Waals surface area (Å²) in [7, 11) is 3.46. The van der Waals surface area contributed by atoms with Crippen LogP contribution in [0.1, 0.15) is 20.3 Å². The summed E-state index contributed by atoms with van der Waals surface area (Å²) >= 11 is 0. The van der Waals surface area contributed by atoms with E-state index in [0.29, 0.717) is 13.0 Å². The van der Waals surface area contributed by atoms with Gasteiger partial charge in [0.2, 0.25) is 5.91 Å². The molecule has 0 aromatic heterocycles. The summed E-state index contributed by atoms with van der Waals surface area (Å²) in [6.45, 7) is 4.23. The number of hydrogen-bond acceptors (Lipinski definition) is 3. The second-order valence-corrected chi connectivity index (χ2v) is 3.55. The maximum Gasteiger partial charge on any atom is 0.238 e. The Morgan fingerprint density at radius 1 is 1.46 bits per heavy atom.